The summed E-state index contributed by atoms with van der Waals surface area (Å²) >= 11 is 0. The second-order valence-electron chi connectivity index (χ2n) is 8.98. The summed E-state index contributed by atoms with van der Waals surface area (Å²) < 4.78 is 38.2. The van der Waals surface area contributed by atoms with Crippen LogP contribution in [0.3, 0.4) is 0 Å². The highest BCUT2D eigenvalue weighted by Crippen LogP contribution is 2.56. The number of likely N-dealkylation sites (tertiary alicyclic amines) is 1. The number of carbonyl (C=O) groups is 2. The maximum atomic E-state index is 12.7. The lowest BCUT2D eigenvalue weighted by atomic mass is 9.99. The molecule has 8 heteroatoms. The molecule has 2 saturated carbocycles. The van der Waals surface area contributed by atoms with Crippen molar-refractivity contribution in [3.8, 4) is 0 Å². The molecule has 158 valence electrons. The van der Waals surface area contributed by atoms with Crippen molar-refractivity contribution in [2.75, 3.05) is 25.0 Å². The number of rotatable bonds is 6. The molecule has 0 spiro atoms. The van der Waals surface area contributed by atoms with Gasteiger partial charge in [-0.1, -0.05) is 13.0 Å². The maximum Gasteiger partial charge on any atom is 0.416 e. The molecular weight excluding hydrogens is 383 g/mol. The van der Waals surface area contributed by atoms with E-state index < -0.39 is 17.6 Å². The number of nitrogens with one attached hydrogen (secondary N) is 2. The first-order valence-corrected chi connectivity index (χ1v) is 10.1. The van der Waals surface area contributed by atoms with Crippen LogP contribution in [-0.2, 0) is 15.8 Å². The van der Waals surface area contributed by atoms with Crippen molar-refractivity contribution in [2.45, 2.75) is 38.9 Å². The first-order valence-electron chi connectivity index (χ1n) is 10.1. The summed E-state index contributed by atoms with van der Waals surface area (Å²) in [4.78, 5) is 26.9. The van der Waals surface area contributed by atoms with Gasteiger partial charge in [0, 0.05) is 30.7 Å². The van der Waals surface area contributed by atoms with Gasteiger partial charge in [-0.2, -0.15) is 13.2 Å². The van der Waals surface area contributed by atoms with Crippen molar-refractivity contribution in [1.82, 2.24) is 10.2 Å². The van der Waals surface area contributed by atoms with Crippen molar-refractivity contribution in [2.24, 2.45) is 23.2 Å². The van der Waals surface area contributed by atoms with E-state index in [9.17, 15) is 22.8 Å². The molecular formula is C21H26F3N3O2. The number of hydrogen-bond acceptors (Lipinski definition) is 3. The molecule has 5 nitrogen and oxygen atoms in total. The Labute approximate surface area is 168 Å². The van der Waals surface area contributed by atoms with Gasteiger partial charge in [0.1, 0.15) is 0 Å². The van der Waals surface area contributed by atoms with Gasteiger partial charge in [-0.05, 0) is 55.2 Å². The summed E-state index contributed by atoms with van der Waals surface area (Å²) in [6.07, 6.45) is -1.93. The van der Waals surface area contributed by atoms with Crippen LogP contribution in [0.2, 0.25) is 0 Å². The summed E-state index contributed by atoms with van der Waals surface area (Å²) in [5.41, 5.74) is -0.347. The van der Waals surface area contributed by atoms with Crippen molar-refractivity contribution >= 4 is 17.5 Å². The zero-order valence-corrected chi connectivity index (χ0v) is 16.6. The zero-order chi connectivity index (χ0) is 21.0. The number of nitrogens with zero attached hydrogens (tertiary/aromatic N) is 1. The summed E-state index contributed by atoms with van der Waals surface area (Å²) in [6, 6.07) is 4.98. The quantitative estimate of drug-likeness (QED) is 0.759. The molecule has 1 heterocycles. The van der Waals surface area contributed by atoms with E-state index in [1.54, 1.807) is 0 Å². The zero-order valence-electron chi connectivity index (χ0n) is 16.6. The summed E-state index contributed by atoms with van der Waals surface area (Å²) in [7, 11) is 0. The number of piperidine rings is 1. The Bertz CT molecular complexity index is 810. The predicted molar refractivity (Wildman–Crippen MR) is 102 cm³/mol. The second kappa shape index (κ2) is 7.00. The van der Waals surface area contributed by atoms with Crippen LogP contribution in [-0.4, -0.2) is 42.4 Å². The lowest BCUT2D eigenvalue weighted by molar-refractivity contribution is -0.137. The van der Waals surface area contributed by atoms with Crippen LogP contribution in [0, 0.1) is 23.2 Å². The minimum atomic E-state index is -4.47. The number of halogens is 3. The van der Waals surface area contributed by atoms with Gasteiger partial charge >= 0.3 is 6.18 Å². The van der Waals surface area contributed by atoms with Gasteiger partial charge in [0.25, 0.3) is 0 Å². The average Bonchev–Trinajstić information content (AvgIpc) is 3.53. The molecule has 1 aromatic rings. The Morgan fingerprint density at radius 1 is 1.24 bits per heavy atom. The van der Waals surface area contributed by atoms with Crippen LogP contribution in [0.1, 0.15) is 32.3 Å². The summed E-state index contributed by atoms with van der Waals surface area (Å²) in [5.74, 6) is -0.0195. The van der Waals surface area contributed by atoms with Crippen molar-refractivity contribution in [3.05, 3.63) is 29.8 Å². The monoisotopic (exact) mass is 409 g/mol. The molecule has 1 aromatic carbocycles. The molecule has 4 atom stereocenters. The number of anilines is 1. The molecule has 3 fully saturated rings. The van der Waals surface area contributed by atoms with Gasteiger partial charge in [-0.15, -0.1) is 0 Å². The van der Waals surface area contributed by atoms with Gasteiger partial charge in [0.2, 0.25) is 11.8 Å². The van der Waals surface area contributed by atoms with Gasteiger partial charge in [0.15, 0.2) is 0 Å². The van der Waals surface area contributed by atoms with E-state index in [0.29, 0.717) is 23.3 Å². The Morgan fingerprint density at radius 2 is 1.90 bits per heavy atom. The fraction of sp³-hybridized carbons (Fsp3) is 0.619. The van der Waals surface area contributed by atoms with Crippen molar-refractivity contribution in [1.29, 1.82) is 0 Å². The molecule has 2 amide bonds. The highest BCUT2D eigenvalue weighted by Gasteiger charge is 2.61. The molecule has 2 N–H and O–H groups in total. The first-order chi connectivity index (χ1) is 13.6. The third-order valence-electron chi connectivity index (χ3n) is 7.02. The molecule has 4 rings (SSSR count). The number of benzene rings is 1. The fourth-order valence-corrected chi connectivity index (χ4v) is 4.58. The smallest absolute Gasteiger partial charge is 0.347 e. The van der Waals surface area contributed by atoms with E-state index in [1.807, 2.05) is 0 Å². The van der Waals surface area contributed by atoms with E-state index in [1.165, 1.54) is 25.0 Å². The molecule has 29 heavy (non-hydrogen) atoms. The van der Waals surface area contributed by atoms with Crippen LogP contribution >= 0.6 is 0 Å². The lowest BCUT2D eigenvalue weighted by Crippen LogP contribution is -2.41. The number of hydrogen-bond donors (Lipinski definition) is 2. The van der Waals surface area contributed by atoms with E-state index in [2.05, 4.69) is 29.4 Å². The minimum Gasteiger partial charge on any atom is -0.347 e. The second-order valence-corrected chi connectivity index (χ2v) is 8.98. The van der Waals surface area contributed by atoms with Crippen LogP contribution in [0.4, 0.5) is 18.9 Å². The van der Waals surface area contributed by atoms with Gasteiger partial charge in [-0.3, -0.25) is 14.5 Å². The Morgan fingerprint density at radius 3 is 2.48 bits per heavy atom. The molecule has 1 aliphatic heterocycles. The molecule has 0 aromatic heterocycles. The topological polar surface area (TPSA) is 61.4 Å². The molecule has 2 aliphatic carbocycles. The number of fused-ring (bicyclic) bond motifs is 1. The van der Waals surface area contributed by atoms with Gasteiger partial charge in [0.05, 0.1) is 12.1 Å². The van der Waals surface area contributed by atoms with Crippen LogP contribution in [0.15, 0.2) is 24.3 Å². The van der Waals surface area contributed by atoms with Gasteiger partial charge < -0.3 is 10.6 Å². The molecule has 3 aliphatic rings. The Kier molecular flexibility index (Phi) is 4.88. The largest absolute Gasteiger partial charge is 0.416 e. The Balaban J connectivity index is 1.22. The third-order valence-corrected chi connectivity index (χ3v) is 7.02. The summed E-state index contributed by atoms with van der Waals surface area (Å²) in [5, 5.41) is 5.04. The molecule has 0 bridgehead atoms. The van der Waals surface area contributed by atoms with E-state index in [0.717, 1.165) is 25.2 Å². The van der Waals surface area contributed by atoms with E-state index in [4.69, 9.17) is 0 Å². The van der Waals surface area contributed by atoms with Crippen LogP contribution in [0.5, 0.6) is 0 Å². The van der Waals surface area contributed by atoms with E-state index >= 15 is 0 Å². The maximum absolute atomic E-state index is 12.7. The SMILES string of the molecule is CC(N1C[C@@H]2C(C(=O)NCC(=O)Nc3cccc(C(F)(F)F)c3)[C@@H]2C1)C1(C)CC1. The average molecular weight is 409 g/mol. The highest BCUT2D eigenvalue weighted by molar-refractivity contribution is 5.95. The fourth-order valence-electron chi connectivity index (χ4n) is 4.58. The Hall–Kier alpha value is -2.09. The molecule has 1 saturated heterocycles. The predicted octanol–water partition coefficient (Wildman–Crippen LogP) is 3.13. The van der Waals surface area contributed by atoms with Crippen molar-refractivity contribution < 1.29 is 22.8 Å². The normalized spacial score (nSPS) is 28.4. The minimum absolute atomic E-state index is 0.0492. The van der Waals surface area contributed by atoms with Gasteiger partial charge in [-0.25, -0.2) is 0 Å². The third kappa shape index (κ3) is 4.13. The highest BCUT2D eigenvalue weighted by atomic mass is 19.4. The lowest BCUT2D eigenvalue weighted by Gasteiger charge is -2.31. The molecule has 0 radical (unpaired) electrons. The number of amides is 2. The number of carbonyl (C=O) groups excluding carboxylic acids is 2. The molecule has 2 unspecified atom stereocenters. The standard InChI is InChI=1S/C21H26F3N3O2/c1-12(20(2)6-7-20)27-10-15-16(11-27)18(15)19(29)25-9-17(28)26-14-5-3-4-13(8-14)21(22,23)24/h3-5,8,12,15-16,18H,6-7,9-11H2,1-2H3,(H,25,29)(H,26,28)/t12?,15-,16+,18?. The van der Waals surface area contributed by atoms with E-state index in [-0.39, 0.29) is 24.1 Å². The van der Waals surface area contributed by atoms with Crippen LogP contribution in [0.25, 0.3) is 0 Å². The summed E-state index contributed by atoms with van der Waals surface area (Å²) in [6.45, 7) is 6.19. The van der Waals surface area contributed by atoms with Crippen LogP contribution < -0.4 is 10.6 Å². The number of alkyl halides is 3. The first kappa shape index (κ1) is 20.2. The van der Waals surface area contributed by atoms with Crippen molar-refractivity contribution in [3.63, 3.8) is 0 Å².